The molecule has 0 heterocycles. The van der Waals surface area contributed by atoms with Gasteiger partial charge in [-0.1, -0.05) is 32.0 Å². The van der Waals surface area contributed by atoms with E-state index in [1.54, 1.807) is 13.2 Å². The van der Waals surface area contributed by atoms with Gasteiger partial charge in [-0.05, 0) is 25.6 Å². The Labute approximate surface area is 122 Å². The highest BCUT2D eigenvalue weighted by molar-refractivity contribution is 5.21. The van der Waals surface area contributed by atoms with E-state index in [0.717, 1.165) is 31.8 Å². The third kappa shape index (κ3) is 4.85. The minimum Gasteiger partial charge on any atom is -0.383 e. The van der Waals surface area contributed by atoms with Gasteiger partial charge in [0.1, 0.15) is 5.82 Å². The Kier molecular flexibility index (Phi) is 7.73. The molecule has 0 amide bonds. The van der Waals surface area contributed by atoms with Gasteiger partial charge in [0.15, 0.2) is 0 Å². The van der Waals surface area contributed by atoms with Gasteiger partial charge < -0.3 is 15.0 Å². The van der Waals surface area contributed by atoms with E-state index in [0.29, 0.717) is 5.92 Å². The molecule has 1 aromatic carbocycles. The lowest BCUT2D eigenvalue weighted by atomic mass is 9.93. The molecule has 0 aliphatic rings. The van der Waals surface area contributed by atoms with Gasteiger partial charge in [-0.15, -0.1) is 0 Å². The first-order chi connectivity index (χ1) is 9.63. The smallest absolute Gasteiger partial charge is 0.127 e. The minimum atomic E-state index is -0.140. The summed E-state index contributed by atoms with van der Waals surface area (Å²) in [5.74, 6) is 0.173. The van der Waals surface area contributed by atoms with Crippen molar-refractivity contribution in [3.05, 3.63) is 35.6 Å². The molecule has 0 bridgehead atoms. The maximum Gasteiger partial charge on any atom is 0.127 e. The summed E-state index contributed by atoms with van der Waals surface area (Å²) in [5.41, 5.74) is 0.741. The van der Waals surface area contributed by atoms with E-state index in [9.17, 15) is 4.39 Å². The Morgan fingerprint density at radius 1 is 1.35 bits per heavy atom. The zero-order valence-electron chi connectivity index (χ0n) is 13.0. The van der Waals surface area contributed by atoms with E-state index < -0.39 is 0 Å². The fraction of sp³-hybridized carbons (Fsp3) is 0.625. The molecule has 2 unspecified atom stereocenters. The molecule has 0 aliphatic carbocycles. The number of hydrogen-bond acceptors (Lipinski definition) is 3. The Bertz CT molecular complexity index is 386. The first kappa shape index (κ1) is 17.1. The van der Waals surface area contributed by atoms with E-state index in [2.05, 4.69) is 24.1 Å². The Hall–Kier alpha value is -0.970. The Morgan fingerprint density at radius 2 is 2.05 bits per heavy atom. The van der Waals surface area contributed by atoms with Gasteiger partial charge in [0.25, 0.3) is 0 Å². The molecule has 114 valence electrons. The van der Waals surface area contributed by atoms with E-state index >= 15 is 0 Å². The number of methoxy groups -OCH3 is 1. The lowest BCUT2D eigenvalue weighted by Crippen LogP contribution is -2.36. The van der Waals surface area contributed by atoms with E-state index in [4.69, 9.17) is 4.74 Å². The number of nitrogens with one attached hydrogen (secondary N) is 1. The average Bonchev–Trinajstić information content (AvgIpc) is 2.46. The van der Waals surface area contributed by atoms with Crippen LogP contribution in [0.3, 0.4) is 0 Å². The van der Waals surface area contributed by atoms with Crippen molar-refractivity contribution in [1.82, 2.24) is 10.2 Å². The first-order valence-corrected chi connectivity index (χ1v) is 7.27. The van der Waals surface area contributed by atoms with E-state index in [1.165, 1.54) is 6.07 Å². The van der Waals surface area contributed by atoms with Crippen LogP contribution in [0.15, 0.2) is 24.3 Å². The normalized spacial score (nSPS) is 14.5. The second-order valence-corrected chi connectivity index (χ2v) is 5.15. The van der Waals surface area contributed by atoms with Crippen LogP contribution in [-0.4, -0.2) is 45.3 Å². The molecule has 4 heteroatoms. The van der Waals surface area contributed by atoms with Crippen LogP contribution < -0.4 is 5.32 Å². The Balaban J connectivity index is 2.71. The lowest BCUT2D eigenvalue weighted by Gasteiger charge is -2.30. The van der Waals surface area contributed by atoms with Gasteiger partial charge in [0.2, 0.25) is 0 Å². The largest absolute Gasteiger partial charge is 0.383 e. The molecule has 3 nitrogen and oxygen atoms in total. The number of halogens is 1. The van der Waals surface area contributed by atoms with Crippen molar-refractivity contribution in [3.8, 4) is 0 Å². The third-order valence-corrected chi connectivity index (χ3v) is 3.73. The summed E-state index contributed by atoms with van der Waals surface area (Å²) in [7, 11) is 3.60. The zero-order valence-corrected chi connectivity index (χ0v) is 13.0. The highest BCUT2D eigenvalue weighted by atomic mass is 19.1. The molecule has 0 radical (unpaired) electrons. The van der Waals surface area contributed by atoms with Gasteiger partial charge in [0.05, 0.1) is 6.61 Å². The SMILES string of the molecule is CCN(CCOC)CC(C)C(NC)c1ccccc1F. The van der Waals surface area contributed by atoms with Gasteiger partial charge in [-0.2, -0.15) is 0 Å². The van der Waals surface area contributed by atoms with Crippen LogP contribution in [0, 0.1) is 11.7 Å². The lowest BCUT2D eigenvalue weighted by molar-refractivity contribution is 0.136. The fourth-order valence-corrected chi connectivity index (χ4v) is 2.59. The zero-order chi connectivity index (χ0) is 15.0. The van der Waals surface area contributed by atoms with Crippen LogP contribution in [-0.2, 0) is 4.74 Å². The molecule has 1 rings (SSSR count). The van der Waals surface area contributed by atoms with Crippen LogP contribution in [0.25, 0.3) is 0 Å². The molecule has 0 aromatic heterocycles. The summed E-state index contributed by atoms with van der Waals surface area (Å²) in [4.78, 5) is 2.33. The molecule has 20 heavy (non-hydrogen) atoms. The number of likely N-dealkylation sites (N-methyl/N-ethyl adjacent to an activating group) is 1. The highest BCUT2D eigenvalue weighted by Crippen LogP contribution is 2.24. The summed E-state index contributed by atoms with van der Waals surface area (Å²) >= 11 is 0. The number of hydrogen-bond donors (Lipinski definition) is 1. The summed E-state index contributed by atoms with van der Waals surface area (Å²) in [6.07, 6.45) is 0. The summed E-state index contributed by atoms with van der Waals surface area (Å²) < 4.78 is 19.1. The minimum absolute atomic E-state index is 0.0211. The van der Waals surface area contributed by atoms with Crippen LogP contribution in [0.5, 0.6) is 0 Å². The van der Waals surface area contributed by atoms with Crippen molar-refractivity contribution in [2.45, 2.75) is 19.9 Å². The van der Waals surface area contributed by atoms with E-state index in [1.807, 2.05) is 19.2 Å². The van der Waals surface area contributed by atoms with Crippen molar-refractivity contribution < 1.29 is 9.13 Å². The molecular formula is C16H27FN2O. The van der Waals surface area contributed by atoms with Crippen molar-refractivity contribution >= 4 is 0 Å². The van der Waals surface area contributed by atoms with Crippen molar-refractivity contribution in [3.63, 3.8) is 0 Å². The predicted molar refractivity (Wildman–Crippen MR) is 81.4 cm³/mol. The molecule has 0 fully saturated rings. The van der Waals surface area contributed by atoms with Crippen molar-refractivity contribution in [2.75, 3.05) is 40.4 Å². The van der Waals surface area contributed by atoms with E-state index in [-0.39, 0.29) is 11.9 Å². The van der Waals surface area contributed by atoms with Crippen LogP contribution >= 0.6 is 0 Å². The van der Waals surface area contributed by atoms with Gasteiger partial charge >= 0.3 is 0 Å². The fourth-order valence-electron chi connectivity index (χ4n) is 2.59. The van der Waals surface area contributed by atoms with Crippen molar-refractivity contribution in [2.24, 2.45) is 5.92 Å². The second kappa shape index (κ2) is 9.06. The van der Waals surface area contributed by atoms with Gasteiger partial charge in [0, 0.05) is 31.8 Å². The summed E-state index contributed by atoms with van der Waals surface area (Å²) in [6, 6.07) is 7.02. The standard InChI is InChI=1S/C16H27FN2O/c1-5-19(10-11-20-4)12-13(2)16(18-3)14-8-6-7-9-15(14)17/h6-9,13,16,18H,5,10-12H2,1-4H3. The van der Waals surface area contributed by atoms with Crippen LogP contribution in [0.4, 0.5) is 4.39 Å². The molecule has 0 aliphatic heterocycles. The number of ether oxygens (including phenoxy) is 1. The topological polar surface area (TPSA) is 24.5 Å². The van der Waals surface area contributed by atoms with Crippen LogP contribution in [0.2, 0.25) is 0 Å². The maximum atomic E-state index is 13.9. The molecular weight excluding hydrogens is 255 g/mol. The molecule has 0 spiro atoms. The summed E-state index contributed by atoms with van der Waals surface area (Å²) in [6.45, 7) is 7.82. The third-order valence-electron chi connectivity index (χ3n) is 3.73. The molecule has 2 atom stereocenters. The number of benzene rings is 1. The highest BCUT2D eigenvalue weighted by Gasteiger charge is 2.22. The maximum absolute atomic E-state index is 13.9. The monoisotopic (exact) mass is 282 g/mol. The van der Waals surface area contributed by atoms with Crippen molar-refractivity contribution in [1.29, 1.82) is 0 Å². The number of rotatable bonds is 9. The van der Waals surface area contributed by atoms with Crippen LogP contribution in [0.1, 0.15) is 25.5 Å². The number of nitrogens with zero attached hydrogens (tertiary/aromatic N) is 1. The molecule has 1 N–H and O–H groups in total. The molecule has 1 aromatic rings. The molecule has 0 saturated carbocycles. The van der Waals surface area contributed by atoms with Gasteiger partial charge in [-0.25, -0.2) is 4.39 Å². The Morgan fingerprint density at radius 3 is 2.60 bits per heavy atom. The first-order valence-electron chi connectivity index (χ1n) is 7.27. The average molecular weight is 282 g/mol. The summed E-state index contributed by atoms with van der Waals surface area (Å²) in [5, 5.41) is 3.25. The second-order valence-electron chi connectivity index (χ2n) is 5.15. The predicted octanol–water partition coefficient (Wildman–Crippen LogP) is 2.69. The quantitative estimate of drug-likeness (QED) is 0.753. The van der Waals surface area contributed by atoms with Gasteiger partial charge in [-0.3, -0.25) is 0 Å². The molecule has 0 saturated heterocycles.